The number of aromatic nitrogens is 3. The number of aryl methyl sites for hydroxylation is 2. The van der Waals surface area contributed by atoms with Gasteiger partial charge >= 0.3 is 6.01 Å². The lowest BCUT2D eigenvalue weighted by molar-refractivity contribution is 0.242. The van der Waals surface area contributed by atoms with E-state index < -0.39 is 0 Å². The molecule has 0 spiro atoms. The first kappa shape index (κ1) is 13.1. The molecule has 0 bridgehead atoms. The third kappa shape index (κ3) is 2.67. The summed E-state index contributed by atoms with van der Waals surface area (Å²) in [6.45, 7) is 1.47. The molecular weight excluding hydrogens is 252 g/mol. The predicted molar refractivity (Wildman–Crippen MR) is 77.4 cm³/mol. The van der Waals surface area contributed by atoms with Gasteiger partial charge in [0.05, 0.1) is 5.69 Å². The Morgan fingerprint density at radius 1 is 1.25 bits per heavy atom. The van der Waals surface area contributed by atoms with Gasteiger partial charge in [-0.1, -0.05) is 11.2 Å². The minimum absolute atomic E-state index is 0.560. The molecule has 1 aliphatic carbocycles. The third-order valence-corrected chi connectivity index (χ3v) is 3.65. The Bertz CT molecular complexity index is 591. The predicted octanol–water partition coefficient (Wildman–Crippen LogP) is 1.70. The summed E-state index contributed by atoms with van der Waals surface area (Å²) in [5, 5.41) is 8.02. The molecular formula is C15H20N4O. The average Bonchev–Trinajstić information content (AvgIpc) is 3.05. The molecule has 0 saturated heterocycles. The number of likely N-dealkylation sites (N-methyl/N-ethyl adjacent to an activating group) is 1. The molecule has 106 valence electrons. The van der Waals surface area contributed by atoms with Gasteiger partial charge in [-0.25, -0.2) is 0 Å². The van der Waals surface area contributed by atoms with E-state index >= 15 is 0 Å². The van der Waals surface area contributed by atoms with Gasteiger partial charge < -0.3 is 9.64 Å². The highest BCUT2D eigenvalue weighted by Crippen LogP contribution is 2.25. The minimum Gasteiger partial charge on any atom is -0.462 e. The molecule has 2 aromatic rings. The smallest absolute Gasteiger partial charge is 0.321 e. The van der Waals surface area contributed by atoms with Crippen LogP contribution in [0.15, 0.2) is 24.5 Å². The summed E-state index contributed by atoms with van der Waals surface area (Å²) in [6, 6.07) is 7.11. The SMILES string of the molecule is CN(C)CCOc1nncn1-c1ccc2c(c1)CCC2. The maximum Gasteiger partial charge on any atom is 0.321 e. The molecule has 0 radical (unpaired) electrons. The zero-order chi connectivity index (χ0) is 13.9. The van der Waals surface area contributed by atoms with Crippen molar-refractivity contribution in [3.05, 3.63) is 35.7 Å². The minimum atomic E-state index is 0.560. The van der Waals surface area contributed by atoms with E-state index in [1.54, 1.807) is 6.33 Å². The number of benzene rings is 1. The van der Waals surface area contributed by atoms with E-state index in [1.807, 2.05) is 18.7 Å². The van der Waals surface area contributed by atoms with Crippen molar-refractivity contribution in [1.82, 2.24) is 19.7 Å². The first-order chi connectivity index (χ1) is 9.74. The molecule has 1 aromatic carbocycles. The molecule has 1 aromatic heterocycles. The number of fused-ring (bicyclic) bond motifs is 1. The second-order valence-electron chi connectivity index (χ2n) is 5.44. The van der Waals surface area contributed by atoms with Crippen LogP contribution in [0.4, 0.5) is 0 Å². The number of rotatable bonds is 5. The van der Waals surface area contributed by atoms with Gasteiger partial charge in [0.1, 0.15) is 12.9 Å². The Labute approximate surface area is 119 Å². The van der Waals surface area contributed by atoms with Crippen LogP contribution in [0.5, 0.6) is 6.01 Å². The Kier molecular flexibility index (Phi) is 3.69. The normalized spacial score (nSPS) is 13.8. The fraction of sp³-hybridized carbons (Fsp3) is 0.467. The van der Waals surface area contributed by atoms with Crippen LogP contribution in [0.1, 0.15) is 17.5 Å². The van der Waals surface area contributed by atoms with Crippen molar-refractivity contribution in [2.75, 3.05) is 27.2 Å². The second kappa shape index (κ2) is 5.63. The highest BCUT2D eigenvalue weighted by atomic mass is 16.5. The Balaban J connectivity index is 1.78. The van der Waals surface area contributed by atoms with E-state index in [9.17, 15) is 0 Å². The quantitative estimate of drug-likeness (QED) is 0.831. The van der Waals surface area contributed by atoms with Gasteiger partial charge in [0.2, 0.25) is 0 Å². The molecule has 20 heavy (non-hydrogen) atoms. The van der Waals surface area contributed by atoms with Crippen molar-refractivity contribution >= 4 is 0 Å². The van der Waals surface area contributed by atoms with Gasteiger partial charge in [0.25, 0.3) is 0 Å². The van der Waals surface area contributed by atoms with Crippen LogP contribution in [0.3, 0.4) is 0 Å². The molecule has 5 nitrogen and oxygen atoms in total. The summed E-state index contributed by atoms with van der Waals surface area (Å²) in [5.74, 6) is 0. The van der Waals surface area contributed by atoms with Crippen LogP contribution in [0, 0.1) is 0 Å². The van der Waals surface area contributed by atoms with Crippen LogP contribution in [-0.2, 0) is 12.8 Å². The fourth-order valence-corrected chi connectivity index (χ4v) is 2.53. The average molecular weight is 272 g/mol. The maximum atomic E-state index is 5.71. The van der Waals surface area contributed by atoms with Crippen LogP contribution in [-0.4, -0.2) is 46.9 Å². The molecule has 0 fully saturated rings. The molecule has 0 aliphatic heterocycles. The largest absolute Gasteiger partial charge is 0.462 e. The van der Waals surface area contributed by atoms with E-state index in [2.05, 4.69) is 33.3 Å². The molecule has 5 heteroatoms. The summed E-state index contributed by atoms with van der Waals surface area (Å²) in [7, 11) is 4.04. The highest BCUT2D eigenvalue weighted by molar-refractivity contribution is 5.43. The molecule has 0 N–H and O–H groups in total. The van der Waals surface area contributed by atoms with Crippen molar-refractivity contribution in [2.45, 2.75) is 19.3 Å². The first-order valence-corrected chi connectivity index (χ1v) is 7.04. The number of hydrogen-bond acceptors (Lipinski definition) is 4. The van der Waals surface area contributed by atoms with Gasteiger partial charge in [-0.3, -0.25) is 4.57 Å². The monoisotopic (exact) mass is 272 g/mol. The zero-order valence-electron chi connectivity index (χ0n) is 12.0. The van der Waals surface area contributed by atoms with Gasteiger partial charge in [-0.05, 0) is 56.6 Å². The van der Waals surface area contributed by atoms with Crippen LogP contribution >= 0.6 is 0 Å². The summed E-state index contributed by atoms with van der Waals surface area (Å²) >= 11 is 0. The number of hydrogen-bond donors (Lipinski definition) is 0. The van der Waals surface area contributed by atoms with Crippen LogP contribution < -0.4 is 4.74 Å². The maximum absolute atomic E-state index is 5.71. The van der Waals surface area contributed by atoms with Gasteiger partial charge in [0.15, 0.2) is 0 Å². The third-order valence-electron chi connectivity index (χ3n) is 3.65. The molecule has 0 amide bonds. The van der Waals surface area contributed by atoms with Crippen LogP contribution in [0.2, 0.25) is 0 Å². The van der Waals surface area contributed by atoms with Gasteiger partial charge in [-0.15, -0.1) is 5.10 Å². The van der Waals surface area contributed by atoms with Gasteiger partial charge in [0, 0.05) is 6.54 Å². The van der Waals surface area contributed by atoms with Crippen molar-refractivity contribution in [2.24, 2.45) is 0 Å². The summed E-state index contributed by atoms with van der Waals surface area (Å²) < 4.78 is 7.62. The second-order valence-corrected chi connectivity index (χ2v) is 5.44. The zero-order valence-corrected chi connectivity index (χ0v) is 12.0. The lowest BCUT2D eigenvalue weighted by Crippen LogP contribution is -2.20. The molecule has 0 saturated carbocycles. The van der Waals surface area contributed by atoms with Crippen LogP contribution in [0.25, 0.3) is 5.69 Å². The summed E-state index contributed by atoms with van der Waals surface area (Å²) in [5.41, 5.74) is 3.99. The Morgan fingerprint density at radius 3 is 2.95 bits per heavy atom. The summed E-state index contributed by atoms with van der Waals surface area (Å²) in [4.78, 5) is 2.08. The van der Waals surface area contributed by atoms with E-state index in [4.69, 9.17) is 4.74 Å². The van der Waals surface area contributed by atoms with E-state index in [-0.39, 0.29) is 0 Å². The van der Waals surface area contributed by atoms with Crippen molar-refractivity contribution in [3.8, 4) is 11.7 Å². The molecule has 0 atom stereocenters. The Hall–Kier alpha value is -1.88. The van der Waals surface area contributed by atoms with Crippen molar-refractivity contribution in [3.63, 3.8) is 0 Å². The Morgan fingerprint density at radius 2 is 2.10 bits per heavy atom. The van der Waals surface area contributed by atoms with E-state index in [1.165, 1.54) is 30.4 Å². The molecule has 1 aliphatic rings. The summed E-state index contributed by atoms with van der Waals surface area (Å²) in [6.07, 6.45) is 5.33. The van der Waals surface area contributed by atoms with E-state index in [0.717, 1.165) is 12.2 Å². The molecule has 3 rings (SSSR count). The van der Waals surface area contributed by atoms with Crippen molar-refractivity contribution in [1.29, 1.82) is 0 Å². The standard InChI is InChI=1S/C15H20N4O/c1-18(2)8-9-20-15-17-16-11-19(15)14-7-6-12-4-3-5-13(12)10-14/h6-7,10-11H,3-5,8-9H2,1-2H3. The first-order valence-electron chi connectivity index (χ1n) is 7.04. The highest BCUT2D eigenvalue weighted by Gasteiger charge is 2.13. The fourth-order valence-electron chi connectivity index (χ4n) is 2.53. The topological polar surface area (TPSA) is 43.2 Å². The van der Waals surface area contributed by atoms with Gasteiger partial charge in [-0.2, -0.15) is 0 Å². The lowest BCUT2D eigenvalue weighted by Gasteiger charge is -2.12. The lowest BCUT2D eigenvalue weighted by atomic mass is 10.1. The number of nitrogens with zero attached hydrogens (tertiary/aromatic N) is 4. The van der Waals surface area contributed by atoms with Crippen molar-refractivity contribution < 1.29 is 4.74 Å². The number of ether oxygens (including phenoxy) is 1. The van der Waals surface area contributed by atoms with E-state index in [0.29, 0.717) is 12.6 Å². The molecule has 1 heterocycles. The molecule has 0 unspecified atom stereocenters.